The first-order chi connectivity index (χ1) is 8.70. The van der Waals surface area contributed by atoms with Crippen molar-refractivity contribution in [3.63, 3.8) is 0 Å². The van der Waals surface area contributed by atoms with Crippen molar-refractivity contribution in [2.24, 2.45) is 10.9 Å². The molecule has 106 valence electrons. The van der Waals surface area contributed by atoms with Crippen LogP contribution in [-0.2, 0) is 20.9 Å². The number of oxime groups is 1. The number of nitrogens with two attached hydrogens (primary N) is 1. The Bertz CT molecular complexity index is 449. The van der Waals surface area contributed by atoms with Crippen molar-refractivity contribution in [2.45, 2.75) is 25.5 Å². The van der Waals surface area contributed by atoms with Crippen molar-refractivity contribution in [1.82, 2.24) is 9.78 Å². The van der Waals surface area contributed by atoms with Gasteiger partial charge in [0.1, 0.15) is 0 Å². The molecule has 2 N–H and O–H groups in total. The summed E-state index contributed by atoms with van der Waals surface area (Å²) in [6.45, 7) is 2.56. The van der Waals surface area contributed by atoms with Gasteiger partial charge in [0.15, 0.2) is 0 Å². The summed E-state index contributed by atoms with van der Waals surface area (Å²) >= 11 is 0. The molecule has 0 amide bonds. The number of carbonyl (C=O) groups excluding carboxylic acids is 1. The summed E-state index contributed by atoms with van der Waals surface area (Å²) in [7, 11) is 0. The van der Waals surface area contributed by atoms with Crippen LogP contribution in [0.15, 0.2) is 23.6 Å². The van der Waals surface area contributed by atoms with Crippen LogP contribution in [0.25, 0.3) is 0 Å². The van der Waals surface area contributed by atoms with E-state index in [2.05, 4.69) is 10.3 Å². The molecule has 1 atom stereocenters. The Kier molecular flexibility index (Phi) is 5.31. The molecule has 7 nitrogen and oxygen atoms in total. The number of aromatic nitrogens is 2. The molecule has 0 radical (unpaired) electrons. The molecular weight excluding hydrogens is 272 g/mol. The molecule has 0 saturated heterocycles. The van der Waals surface area contributed by atoms with Gasteiger partial charge in [0, 0.05) is 25.4 Å². The maximum atomic E-state index is 12.1. The fourth-order valence-corrected chi connectivity index (χ4v) is 1.83. The normalized spacial score (nSPS) is 21.3. The molecule has 1 aromatic heterocycles. The number of nitrogens with zero attached hydrogens (tertiary/aromatic N) is 3. The van der Waals surface area contributed by atoms with Gasteiger partial charge in [-0.05, 0) is 13.0 Å². The highest BCUT2D eigenvalue weighted by molar-refractivity contribution is 5.94. The van der Waals surface area contributed by atoms with Crippen molar-refractivity contribution in [2.75, 3.05) is 13.2 Å². The van der Waals surface area contributed by atoms with Crippen LogP contribution >= 0.6 is 12.4 Å². The number of esters is 1. The highest BCUT2D eigenvalue weighted by Crippen LogP contribution is 2.27. The summed E-state index contributed by atoms with van der Waals surface area (Å²) in [5.74, 6) is -0.437. The third-order valence-electron chi connectivity index (χ3n) is 2.70. The molecule has 0 aromatic carbocycles. The highest BCUT2D eigenvalue weighted by Gasteiger charge is 2.48. The van der Waals surface area contributed by atoms with E-state index in [0.717, 1.165) is 0 Å². The molecule has 2 rings (SSSR count). The Hall–Kier alpha value is -1.60. The minimum Gasteiger partial charge on any atom is -0.463 e. The van der Waals surface area contributed by atoms with Crippen LogP contribution in [0.1, 0.15) is 13.3 Å². The Balaban J connectivity index is 0.00000180. The number of hydrogen-bond acceptors (Lipinski definition) is 6. The fraction of sp³-hybridized carbons (Fsp3) is 0.545. The van der Waals surface area contributed by atoms with Gasteiger partial charge >= 0.3 is 5.97 Å². The second-order valence-corrected chi connectivity index (χ2v) is 4.05. The van der Waals surface area contributed by atoms with Gasteiger partial charge in [-0.1, -0.05) is 5.16 Å². The third kappa shape index (κ3) is 3.24. The summed E-state index contributed by atoms with van der Waals surface area (Å²) in [5, 5.41) is 7.91. The van der Waals surface area contributed by atoms with Gasteiger partial charge < -0.3 is 15.3 Å². The van der Waals surface area contributed by atoms with E-state index < -0.39 is 11.6 Å². The molecule has 0 spiro atoms. The van der Waals surface area contributed by atoms with Crippen molar-refractivity contribution >= 4 is 24.1 Å². The van der Waals surface area contributed by atoms with Crippen LogP contribution in [0.5, 0.6) is 0 Å². The van der Waals surface area contributed by atoms with Crippen molar-refractivity contribution in [3.05, 3.63) is 18.5 Å². The Morgan fingerprint density at radius 3 is 3.00 bits per heavy atom. The van der Waals surface area contributed by atoms with Gasteiger partial charge in [-0.3, -0.25) is 4.68 Å². The number of carbonyl (C=O) groups is 1. The molecule has 1 aliphatic rings. The molecule has 8 heteroatoms. The van der Waals surface area contributed by atoms with Crippen LogP contribution in [0.3, 0.4) is 0 Å². The molecule has 1 aromatic rings. The smallest absolute Gasteiger partial charge is 0.355 e. The van der Waals surface area contributed by atoms with Gasteiger partial charge in [0.25, 0.3) is 5.60 Å². The third-order valence-corrected chi connectivity index (χ3v) is 2.70. The highest BCUT2D eigenvalue weighted by atomic mass is 35.5. The molecule has 19 heavy (non-hydrogen) atoms. The molecule has 0 fully saturated rings. The van der Waals surface area contributed by atoms with E-state index in [1.165, 1.54) is 0 Å². The first-order valence-corrected chi connectivity index (χ1v) is 5.79. The predicted molar refractivity (Wildman–Crippen MR) is 71.0 cm³/mol. The van der Waals surface area contributed by atoms with Gasteiger partial charge in [-0.25, -0.2) is 4.79 Å². The molecule has 1 unspecified atom stereocenters. The zero-order valence-electron chi connectivity index (χ0n) is 10.6. The van der Waals surface area contributed by atoms with E-state index in [-0.39, 0.29) is 25.5 Å². The monoisotopic (exact) mass is 288 g/mol. The van der Waals surface area contributed by atoms with Crippen LogP contribution < -0.4 is 5.73 Å². The van der Waals surface area contributed by atoms with Crippen LogP contribution in [0, 0.1) is 0 Å². The lowest BCUT2D eigenvalue weighted by Gasteiger charge is -2.23. The zero-order chi connectivity index (χ0) is 13.0. The second kappa shape index (κ2) is 6.53. The van der Waals surface area contributed by atoms with Gasteiger partial charge in [-0.2, -0.15) is 5.10 Å². The minimum absolute atomic E-state index is 0. The van der Waals surface area contributed by atoms with E-state index in [1.807, 2.05) is 0 Å². The van der Waals surface area contributed by atoms with Crippen LogP contribution in [0.4, 0.5) is 0 Å². The summed E-state index contributed by atoms with van der Waals surface area (Å²) < 4.78 is 6.67. The number of rotatable bonds is 5. The first kappa shape index (κ1) is 15.5. The van der Waals surface area contributed by atoms with Gasteiger partial charge in [0.2, 0.25) is 0 Å². The zero-order valence-corrected chi connectivity index (χ0v) is 11.4. The summed E-state index contributed by atoms with van der Waals surface area (Å²) in [6, 6.07) is 1.78. The standard InChI is InChI=1S/C11H16N4O3.ClH/c1-2-17-10(16)11(6-9(7-12)14-18-11)8-15-5-3-4-13-15;/h3-5H,2,6-8,12H2,1H3;1H. The predicted octanol–water partition coefficient (Wildman–Crippen LogP) is 0.342. The largest absolute Gasteiger partial charge is 0.463 e. The molecule has 0 aliphatic carbocycles. The van der Waals surface area contributed by atoms with Crippen LogP contribution in [0.2, 0.25) is 0 Å². The Morgan fingerprint density at radius 1 is 1.68 bits per heavy atom. The second-order valence-electron chi connectivity index (χ2n) is 4.05. The minimum atomic E-state index is -1.14. The van der Waals surface area contributed by atoms with Gasteiger partial charge in [-0.15, -0.1) is 12.4 Å². The average Bonchev–Trinajstić information content (AvgIpc) is 3.00. The number of halogens is 1. The van der Waals surface area contributed by atoms with E-state index in [9.17, 15) is 4.79 Å². The van der Waals surface area contributed by atoms with E-state index in [0.29, 0.717) is 18.7 Å². The summed E-state index contributed by atoms with van der Waals surface area (Å²) in [5.41, 5.74) is 5.02. The number of hydrogen-bond donors (Lipinski definition) is 1. The average molecular weight is 289 g/mol. The molecule has 0 saturated carbocycles. The summed E-state index contributed by atoms with van der Waals surface area (Å²) in [4.78, 5) is 17.4. The summed E-state index contributed by atoms with van der Waals surface area (Å²) in [6.07, 6.45) is 3.73. The number of ether oxygens (including phenoxy) is 1. The molecular formula is C11H17ClN4O3. The first-order valence-electron chi connectivity index (χ1n) is 5.79. The quantitative estimate of drug-likeness (QED) is 0.789. The maximum Gasteiger partial charge on any atom is 0.355 e. The fourth-order valence-electron chi connectivity index (χ4n) is 1.83. The lowest BCUT2D eigenvalue weighted by Crippen LogP contribution is -2.45. The lowest BCUT2D eigenvalue weighted by atomic mass is 9.97. The van der Waals surface area contributed by atoms with Crippen molar-refractivity contribution in [3.8, 4) is 0 Å². The van der Waals surface area contributed by atoms with E-state index in [4.69, 9.17) is 15.3 Å². The van der Waals surface area contributed by atoms with Crippen molar-refractivity contribution in [1.29, 1.82) is 0 Å². The molecule has 1 aliphatic heterocycles. The van der Waals surface area contributed by atoms with Crippen LogP contribution in [-0.4, -0.2) is 40.2 Å². The topological polar surface area (TPSA) is 91.7 Å². The van der Waals surface area contributed by atoms with E-state index >= 15 is 0 Å². The molecule has 0 bridgehead atoms. The Labute approximate surface area is 117 Å². The van der Waals surface area contributed by atoms with Crippen molar-refractivity contribution < 1.29 is 14.4 Å². The van der Waals surface area contributed by atoms with Gasteiger partial charge in [0.05, 0.1) is 18.9 Å². The molecule has 2 heterocycles. The SMILES string of the molecule is CCOC(=O)C1(Cn2cccn2)CC(CN)=NO1.Cl. The maximum absolute atomic E-state index is 12.1. The van der Waals surface area contributed by atoms with E-state index in [1.54, 1.807) is 30.1 Å². The Morgan fingerprint density at radius 2 is 2.47 bits per heavy atom. The lowest BCUT2D eigenvalue weighted by molar-refractivity contribution is -0.171.